The van der Waals surface area contributed by atoms with Crippen molar-refractivity contribution in [1.29, 1.82) is 0 Å². The highest BCUT2D eigenvalue weighted by Crippen LogP contribution is 2.28. The molecule has 2 nitrogen and oxygen atoms in total. The Kier molecular flexibility index (Phi) is 4.60. The van der Waals surface area contributed by atoms with Gasteiger partial charge in [-0.05, 0) is 24.6 Å². The molecule has 0 N–H and O–H groups in total. The smallest absolute Gasteiger partial charge is 0.138 e. The molecule has 0 aliphatic carbocycles. The molecule has 2 rings (SSSR count). The van der Waals surface area contributed by atoms with Crippen LogP contribution in [0.3, 0.4) is 0 Å². The highest BCUT2D eigenvalue weighted by molar-refractivity contribution is 7.07. The zero-order valence-electron chi connectivity index (χ0n) is 11.5. The van der Waals surface area contributed by atoms with Crippen molar-refractivity contribution < 1.29 is 9.15 Å². The molecule has 0 radical (unpaired) electrons. The second kappa shape index (κ2) is 6.40. The van der Waals surface area contributed by atoms with Gasteiger partial charge < -0.3 is 9.15 Å². The number of hydrogen-bond donors (Lipinski definition) is 0. The fraction of sp³-hybridized carbons (Fsp3) is 0.118. The van der Waals surface area contributed by atoms with Gasteiger partial charge in [-0.25, -0.2) is 0 Å². The molecular formula is C17H17O2P. The zero-order chi connectivity index (χ0) is 14.5. The first-order valence-electron chi connectivity index (χ1n) is 6.39. The van der Waals surface area contributed by atoms with Crippen LogP contribution in [0.2, 0.25) is 0 Å². The fourth-order valence-corrected chi connectivity index (χ4v) is 2.41. The molecule has 0 fully saturated rings. The number of fused-ring (bicyclic) bond motifs is 1. The number of rotatable bonds is 5. The minimum atomic E-state index is 0.632. The van der Waals surface area contributed by atoms with Crippen LogP contribution in [0.5, 0.6) is 5.75 Å². The van der Waals surface area contributed by atoms with Crippen molar-refractivity contribution >= 4 is 25.4 Å². The van der Waals surface area contributed by atoms with Crippen LogP contribution in [0.15, 0.2) is 60.3 Å². The molecule has 3 heteroatoms. The van der Waals surface area contributed by atoms with Gasteiger partial charge in [0.05, 0.1) is 12.9 Å². The summed E-state index contributed by atoms with van der Waals surface area (Å²) in [6.07, 6.45) is 7.10. The second-order valence-electron chi connectivity index (χ2n) is 4.18. The maximum Gasteiger partial charge on any atom is 0.138 e. The number of allylic oxidation sites excluding steroid dienone is 4. The summed E-state index contributed by atoms with van der Waals surface area (Å²) >= 11 is 0. The molecule has 0 atom stereocenters. The molecule has 1 aromatic heterocycles. The molecule has 1 heterocycles. The Morgan fingerprint density at radius 3 is 2.85 bits per heavy atom. The van der Waals surface area contributed by atoms with Crippen LogP contribution in [-0.2, 0) is 0 Å². The quantitative estimate of drug-likeness (QED) is 0.552. The van der Waals surface area contributed by atoms with E-state index in [-0.39, 0.29) is 0 Å². The lowest BCUT2D eigenvalue weighted by molar-refractivity contribution is 0.340. The molecule has 20 heavy (non-hydrogen) atoms. The summed E-state index contributed by atoms with van der Waals surface area (Å²) in [4.78, 5) is 0.960. The lowest BCUT2D eigenvalue weighted by Gasteiger charge is -2.07. The molecule has 0 spiro atoms. The van der Waals surface area contributed by atoms with Gasteiger partial charge in [0.25, 0.3) is 0 Å². The average Bonchev–Trinajstić information content (AvgIpc) is 2.46. The summed E-state index contributed by atoms with van der Waals surface area (Å²) in [5.74, 6) is 0.799. The Balaban J connectivity index is 2.63. The van der Waals surface area contributed by atoms with E-state index in [0.717, 1.165) is 32.8 Å². The van der Waals surface area contributed by atoms with Crippen LogP contribution in [0.25, 0.3) is 16.5 Å². The van der Waals surface area contributed by atoms with E-state index >= 15 is 0 Å². The summed E-state index contributed by atoms with van der Waals surface area (Å²) in [5, 5.41) is 0.986. The molecule has 0 aliphatic heterocycles. The van der Waals surface area contributed by atoms with E-state index in [1.807, 2.05) is 31.2 Å². The van der Waals surface area contributed by atoms with Crippen molar-refractivity contribution in [1.82, 2.24) is 0 Å². The topological polar surface area (TPSA) is 22.4 Å². The van der Waals surface area contributed by atoms with Crippen LogP contribution >= 0.6 is 8.86 Å². The third-order valence-electron chi connectivity index (χ3n) is 2.93. The molecule has 0 unspecified atom stereocenters. The fourth-order valence-electron chi connectivity index (χ4n) is 2.00. The summed E-state index contributed by atoms with van der Waals surface area (Å²) in [6.45, 7) is 10.1. The molecule has 0 amide bonds. The lowest BCUT2D eigenvalue weighted by atomic mass is 10.1. The Hall–Kier alpha value is -2.05. The molecule has 1 aromatic carbocycles. The van der Waals surface area contributed by atoms with Gasteiger partial charge in [0.15, 0.2) is 0 Å². The Bertz CT molecular complexity index is 738. The van der Waals surface area contributed by atoms with Gasteiger partial charge in [-0.15, -0.1) is 8.86 Å². The lowest BCUT2D eigenvalue weighted by Crippen LogP contribution is -1.91. The molecule has 0 saturated carbocycles. The number of hydrogen-bond acceptors (Lipinski definition) is 2. The van der Waals surface area contributed by atoms with E-state index < -0.39 is 0 Å². The number of benzene rings is 1. The Labute approximate surface area is 120 Å². The highest BCUT2D eigenvalue weighted by Gasteiger charge is 2.06. The number of ether oxygens (including phenoxy) is 1. The van der Waals surface area contributed by atoms with Gasteiger partial charge >= 0.3 is 0 Å². The van der Waals surface area contributed by atoms with Gasteiger partial charge in [-0.2, -0.15) is 0 Å². The van der Waals surface area contributed by atoms with Crippen LogP contribution < -0.4 is 4.74 Å². The van der Waals surface area contributed by atoms with E-state index in [2.05, 4.69) is 22.0 Å². The first kappa shape index (κ1) is 14.4. The van der Waals surface area contributed by atoms with E-state index in [1.54, 1.807) is 18.4 Å². The maximum absolute atomic E-state index is 5.71. The van der Waals surface area contributed by atoms with Crippen LogP contribution in [-0.4, -0.2) is 6.61 Å². The molecule has 2 aromatic rings. The van der Waals surface area contributed by atoms with Gasteiger partial charge in [0.2, 0.25) is 0 Å². The van der Waals surface area contributed by atoms with Crippen molar-refractivity contribution in [3.63, 3.8) is 0 Å². The van der Waals surface area contributed by atoms with E-state index in [4.69, 9.17) is 9.15 Å². The molecule has 102 valence electrons. The maximum atomic E-state index is 5.71. The van der Waals surface area contributed by atoms with Crippen molar-refractivity contribution in [2.75, 3.05) is 6.61 Å². The van der Waals surface area contributed by atoms with Gasteiger partial charge in [0, 0.05) is 22.0 Å². The summed E-state index contributed by atoms with van der Waals surface area (Å²) in [6, 6.07) is 5.79. The summed E-state index contributed by atoms with van der Waals surface area (Å²) in [5.41, 5.74) is 2.66. The van der Waals surface area contributed by atoms with Crippen LogP contribution in [0, 0.1) is 4.94 Å². The van der Waals surface area contributed by atoms with E-state index in [1.165, 1.54) is 0 Å². The molecular weight excluding hydrogens is 267 g/mol. The summed E-state index contributed by atoms with van der Waals surface area (Å²) in [7, 11) is 3.69. The third-order valence-corrected chi connectivity index (χ3v) is 3.47. The van der Waals surface area contributed by atoms with E-state index in [9.17, 15) is 0 Å². The second-order valence-corrected chi connectivity index (χ2v) is 4.68. The predicted octanol–water partition coefficient (Wildman–Crippen LogP) is 5.26. The zero-order valence-corrected chi connectivity index (χ0v) is 12.5. The minimum Gasteiger partial charge on any atom is -0.494 e. The normalized spacial score (nSPS) is 11.3. The first-order chi connectivity index (χ1) is 9.71. The van der Waals surface area contributed by atoms with Crippen LogP contribution in [0.4, 0.5) is 0 Å². The van der Waals surface area contributed by atoms with Crippen molar-refractivity contribution in [2.24, 2.45) is 0 Å². The largest absolute Gasteiger partial charge is 0.494 e. The van der Waals surface area contributed by atoms with Crippen molar-refractivity contribution in [3.8, 4) is 5.75 Å². The Morgan fingerprint density at radius 1 is 1.40 bits per heavy atom. The average molecular weight is 284 g/mol. The van der Waals surface area contributed by atoms with Gasteiger partial charge in [-0.3, -0.25) is 0 Å². The predicted molar refractivity (Wildman–Crippen MR) is 87.3 cm³/mol. The van der Waals surface area contributed by atoms with Gasteiger partial charge in [0.1, 0.15) is 11.3 Å². The third kappa shape index (κ3) is 2.76. The SMILES string of the molecule is C=C/C=C(\C=C)c1coc2cc(OCC)ccc2c1=P. The highest BCUT2D eigenvalue weighted by atomic mass is 31.0. The van der Waals surface area contributed by atoms with E-state index in [0.29, 0.717) is 6.61 Å². The molecule has 0 saturated heterocycles. The van der Waals surface area contributed by atoms with Crippen LogP contribution in [0.1, 0.15) is 12.5 Å². The standard InChI is InChI=1S/C17H17O2P/c1-4-7-12(5-2)15-11-19-16-10-13(18-6-3)8-9-14(16)17(15)20/h4-5,7-11,20H,1-2,6H2,3H3/b12-7+. The Morgan fingerprint density at radius 2 is 2.20 bits per heavy atom. The monoisotopic (exact) mass is 284 g/mol. The first-order valence-corrected chi connectivity index (χ1v) is 6.89. The minimum absolute atomic E-state index is 0.632. The van der Waals surface area contributed by atoms with Crippen molar-refractivity contribution in [2.45, 2.75) is 6.92 Å². The van der Waals surface area contributed by atoms with Crippen molar-refractivity contribution in [3.05, 3.63) is 66.4 Å². The summed E-state index contributed by atoms with van der Waals surface area (Å²) < 4.78 is 11.2. The molecule has 0 bridgehead atoms. The van der Waals surface area contributed by atoms with Gasteiger partial charge in [-0.1, -0.05) is 31.4 Å². The molecule has 0 aliphatic rings.